The number of rotatable bonds is 8. The average molecular weight is 459 g/mol. The van der Waals surface area contributed by atoms with E-state index in [9.17, 15) is 4.79 Å². The SMILES string of the molecule is COc1ccc(CNC(=O)CSc2nnc(-c3ccc(C)cc3)n2-c2ccc(C)cc2)cc1. The first kappa shape index (κ1) is 22.6. The van der Waals surface area contributed by atoms with Gasteiger partial charge in [-0.15, -0.1) is 10.2 Å². The molecule has 1 amide bonds. The van der Waals surface area contributed by atoms with Crippen molar-refractivity contribution < 1.29 is 9.53 Å². The minimum absolute atomic E-state index is 0.0637. The smallest absolute Gasteiger partial charge is 0.230 e. The molecule has 0 fully saturated rings. The van der Waals surface area contributed by atoms with Gasteiger partial charge in [0, 0.05) is 17.8 Å². The second-order valence-corrected chi connectivity index (χ2v) is 8.70. The average Bonchev–Trinajstić information content (AvgIpc) is 3.26. The summed E-state index contributed by atoms with van der Waals surface area (Å²) in [4.78, 5) is 12.5. The fraction of sp³-hybridized carbons (Fsp3) is 0.192. The van der Waals surface area contributed by atoms with Crippen molar-refractivity contribution in [1.29, 1.82) is 0 Å². The van der Waals surface area contributed by atoms with Crippen LogP contribution in [0.4, 0.5) is 0 Å². The lowest BCUT2D eigenvalue weighted by Gasteiger charge is -2.11. The van der Waals surface area contributed by atoms with E-state index in [4.69, 9.17) is 4.74 Å². The van der Waals surface area contributed by atoms with Crippen LogP contribution in [0, 0.1) is 13.8 Å². The third-order valence-corrected chi connectivity index (χ3v) is 6.15. The second kappa shape index (κ2) is 10.4. The summed E-state index contributed by atoms with van der Waals surface area (Å²) in [7, 11) is 1.63. The van der Waals surface area contributed by atoms with Crippen LogP contribution < -0.4 is 10.1 Å². The lowest BCUT2D eigenvalue weighted by molar-refractivity contribution is -0.118. The topological polar surface area (TPSA) is 69.0 Å². The number of amides is 1. The first-order valence-corrected chi connectivity index (χ1v) is 11.6. The van der Waals surface area contributed by atoms with E-state index in [1.807, 2.05) is 53.1 Å². The molecule has 7 heteroatoms. The summed E-state index contributed by atoms with van der Waals surface area (Å²) in [6.45, 7) is 4.57. The molecule has 0 bridgehead atoms. The van der Waals surface area contributed by atoms with Crippen molar-refractivity contribution in [2.75, 3.05) is 12.9 Å². The number of aromatic nitrogens is 3. The molecule has 4 rings (SSSR count). The molecule has 0 aliphatic heterocycles. The Morgan fingerprint density at radius 1 is 0.909 bits per heavy atom. The first-order chi connectivity index (χ1) is 16.0. The molecule has 0 atom stereocenters. The first-order valence-electron chi connectivity index (χ1n) is 10.7. The van der Waals surface area contributed by atoms with E-state index in [2.05, 4.69) is 53.6 Å². The third-order valence-electron chi connectivity index (χ3n) is 5.22. The van der Waals surface area contributed by atoms with Crippen molar-refractivity contribution >= 4 is 17.7 Å². The minimum Gasteiger partial charge on any atom is -0.497 e. The zero-order valence-electron chi connectivity index (χ0n) is 18.9. The molecular formula is C26H26N4O2S. The second-order valence-electron chi connectivity index (χ2n) is 7.76. The van der Waals surface area contributed by atoms with Crippen LogP contribution in [0.3, 0.4) is 0 Å². The van der Waals surface area contributed by atoms with Crippen molar-refractivity contribution in [2.24, 2.45) is 0 Å². The van der Waals surface area contributed by atoms with Gasteiger partial charge in [0.15, 0.2) is 11.0 Å². The van der Waals surface area contributed by atoms with Crippen molar-refractivity contribution in [3.05, 3.63) is 89.5 Å². The van der Waals surface area contributed by atoms with Crippen LogP contribution in [0.1, 0.15) is 16.7 Å². The van der Waals surface area contributed by atoms with Gasteiger partial charge in [-0.2, -0.15) is 0 Å². The van der Waals surface area contributed by atoms with Gasteiger partial charge < -0.3 is 10.1 Å². The molecule has 0 saturated carbocycles. The van der Waals surface area contributed by atoms with Gasteiger partial charge in [-0.3, -0.25) is 9.36 Å². The van der Waals surface area contributed by atoms with Gasteiger partial charge in [0.05, 0.1) is 12.9 Å². The molecule has 33 heavy (non-hydrogen) atoms. The van der Waals surface area contributed by atoms with E-state index in [0.717, 1.165) is 28.4 Å². The number of hydrogen-bond acceptors (Lipinski definition) is 5. The Labute approximate surface area is 198 Å². The van der Waals surface area contributed by atoms with Crippen molar-refractivity contribution in [3.63, 3.8) is 0 Å². The van der Waals surface area contributed by atoms with Crippen LogP contribution in [0.25, 0.3) is 17.1 Å². The molecule has 0 saturated heterocycles. The summed E-state index contributed by atoms with van der Waals surface area (Å²) in [6.07, 6.45) is 0. The molecule has 168 valence electrons. The number of ether oxygens (including phenoxy) is 1. The van der Waals surface area contributed by atoms with Crippen LogP contribution in [-0.4, -0.2) is 33.5 Å². The van der Waals surface area contributed by atoms with E-state index in [1.165, 1.54) is 22.9 Å². The Balaban J connectivity index is 1.50. The monoisotopic (exact) mass is 458 g/mol. The van der Waals surface area contributed by atoms with Crippen LogP contribution in [0.5, 0.6) is 5.75 Å². The van der Waals surface area contributed by atoms with Gasteiger partial charge in [0.2, 0.25) is 5.91 Å². The number of benzene rings is 3. The van der Waals surface area contributed by atoms with Gasteiger partial charge in [0.25, 0.3) is 0 Å². The van der Waals surface area contributed by atoms with E-state index >= 15 is 0 Å². The number of methoxy groups -OCH3 is 1. The lowest BCUT2D eigenvalue weighted by atomic mass is 10.1. The maximum Gasteiger partial charge on any atom is 0.230 e. The molecule has 6 nitrogen and oxygen atoms in total. The highest BCUT2D eigenvalue weighted by atomic mass is 32.2. The predicted octanol–water partition coefficient (Wildman–Crippen LogP) is 4.97. The fourth-order valence-electron chi connectivity index (χ4n) is 3.30. The Hall–Kier alpha value is -3.58. The van der Waals surface area contributed by atoms with Crippen LogP contribution in [0.15, 0.2) is 78.0 Å². The Kier molecular flexibility index (Phi) is 7.10. The molecule has 1 aromatic heterocycles. The van der Waals surface area contributed by atoms with Crippen LogP contribution in [0.2, 0.25) is 0 Å². The molecule has 0 unspecified atom stereocenters. The highest BCUT2D eigenvalue weighted by Gasteiger charge is 2.17. The van der Waals surface area contributed by atoms with Crippen molar-refractivity contribution in [3.8, 4) is 22.8 Å². The Morgan fingerprint density at radius 3 is 2.18 bits per heavy atom. The summed E-state index contributed by atoms with van der Waals surface area (Å²) >= 11 is 1.37. The van der Waals surface area contributed by atoms with E-state index in [1.54, 1.807) is 7.11 Å². The fourth-order valence-corrected chi connectivity index (χ4v) is 4.09. The molecule has 1 heterocycles. The Morgan fingerprint density at radius 2 is 1.55 bits per heavy atom. The number of aryl methyl sites for hydroxylation is 2. The number of carbonyl (C=O) groups excluding carboxylic acids is 1. The number of thioether (sulfide) groups is 1. The summed E-state index contributed by atoms with van der Waals surface area (Å²) in [5.41, 5.74) is 5.31. The summed E-state index contributed by atoms with van der Waals surface area (Å²) < 4.78 is 7.18. The van der Waals surface area contributed by atoms with Gasteiger partial charge >= 0.3 is 0 Å². The maximum atomic E-state index is 12.5. The molecule has 0 radical (unpaired) electrons. The van der Waals surface area contributed by atoms with Gasteiger partial charge in [-0.05, 0) is 43.7 Å². The molecule has 0 spiro atoms. The maximum absolute atomic E-state index is 12.5. The number of hydrogen-bond donors (Lipinski definition) is 1. The quantitative estimate of drug-likeness (QED) is 0.378. The normalized spacial score (nSPS) is 10.8. The van der Waals surface area contributed by atoms with Crippen LogP contribution >= 0.6 is 11.8 Å². The van der Waals surface area contributed by atoms with E-state index < -0.39 is 0 Å². The number of nitrogens with zero attached hydrogens (tertiary/aromatic N) is 3. The third kappa shape index (κ3) is 5.62. The van der Waals surface area contributed by atoms with Crippen LogP contribution in [-0.2, 0) is 11.3 Å². The van der Waals surface area contributed by atoms with Crippen molar-refractivity contribution in [2.45, 2.75) is 25.5 Å². The molecule has 1 N–H and O–H groups in total. The van der Waals surface area contributed by atoms with E-state index in [0.29, 0.717) is 11.7 Å². The molecule has 0 aliphatic rings. The molecule has 4 aromatic rings. The standard InChI is InChI=1S/C26H26N4O2S/c1-18-4-10-21(11-5-18)25-28-29-26(30(25)22-12-6-19(2)7-13-22)33-17-24(31)27-16-20-8-14-23(32-3)15-9-20/h4-15H,16-17H2,1-3H3,(H,27,31). The largest absolute Gasteiger partial charge is 0.497 e. The summed E-state index contributed by atoms with van der Waals surface area (Å²) in [5, 5.41) is 12.5. The van der Waals surface area contributed by atoms with Gasteiger partial charge in [0.1, 0.15) is 5.75 Å². The zero-order chi connectivity index (χ0) is 23.2. The Bertz CT molecular complexity index is 1220. The van der Waals surface area contributed by atoms with E-state index in [-0.39, 0.29) is 11.7 Å². The zero-order valence-corrected chi connectivity index (χ0v) is 19.7. The van der Waals surface area contributed by atoms with Crippen molar-refractivity contribution in [1.82, 2.24) is 20.1 Å². The molecular weight excluding hydrogens is 432 g/mol. The molecule has 3 aromatic carbocycles. The summed E-state index contributed by atoms with van der Waals surface area (Å²) in [5.74, 6) is 1.72. The highest BCUT2D eigenvalue weighted by molar-refractivity contribution is 7.99. The highest BCUT2D eigenvalue weighted by Crippen LogP contribution is 2.28. The minimum atomic E-state index is -0.0637. The number of carbonyl (C=O) groups is 1. The molecule has 0 aliphatic carbocycles. The predicted molar refractivity (Wildman–Crippen MR) is 132 cm³/mol. The summed E-state index contributed by atoms with van der Waals surface area (Å²) in [6, 6.07) is 24.1. The van der Waals surface area contributed by atoms with Gasteiger partial charge in [-0.25, -0.2) is 0 Å². The number of nitrogens with one attached hydrogen (secondary N) is 1. The van der Waals surface area contributed by atoms with Gasteiger partial charge in [-0.1, -0.05) is 71.4 Å². The lowest BCUT2D eigenvalue weighted by Crippen LogP contribution is -2.24.